The Labute approximate surface area is 67.0 Å². The zero-order valence-electron chi connectivity index (χ0n) is 7.08. The van der Waals surface area contributed by atoms with Crippen molar-refractivity contribution in [2.75, 3.05) is 0 Å². The molecule has 0 heterocycles. The lowest BCUT2D eigenvalue weighted by atomic mass is 9.94. The monoisotopic (exact) mass is 162 g/mol. The second-order valence-electron chi connectivity index (χ2n) is 3.64. The third-order valence-electron chi connectivity index (χ3n) is 2.57. The van der Waals surface area contributed by atoms with Crippen LogP contribution in [0.4, 0.5) is 8.78 Å². The van der Waals surface area contributed by atoms with Crippen LogP contribution in [0.2, 0.25) is 0 Å². The van der Waals surface area contributed by atoms with Crippen LogP contribution in [-0.2, 0) is 0 Å². The molecule has 0 aromatic rings. The summed E-state index contributed by atoms with van der Waals surface area (Å²) in [6, 6.07) is 0. The van der Waals surface area contributed by atoms with Crippen LogP contribution in [0, 0.1) is 5.92 Å². The van der Waals surface area contributed by atoms with Crippen LogP contribution >= 0.6 is 0 Å². The quantitative estimate of drug-likeness (QED) is 0.517. The highest BCUT2D eigenvalue weighted by Crippen LogP contribution is 2.34. The fourth-order valence-electron chi connectivity index (χ4n) is 1.79. The molecule has 1 rings (SSSR count). The molecule has 0 bridgehead atoms. The van der Waals surface area contributed by atoms with Crippen molar-refractivity contribution in [3.8, 4) is 0 Å². The van der Waals surface area contributed by atoms with E-state index in [0.717, 1.165) is 45.4 Å². The largest absolute Gasteiger partial charge is 0.248 e. The zero-order valence-corrected chi connectivity index (χ0v) is 7.08. The minimum Gasteiger partial charge on any atom is -0.207 e. The maximum Gasteiger partial charge on any atom is 0.248 e. The zero-order chi connectivity index (χ0) is 8.32. The van der Waals surface area contributed by atoms with Crippen LogP contribution in [-0.4, -0.2) is 5.92 Å². The molecule has 0 nitrogen and oxygen atoms in total. The SMILES string of the molecule is CC(F)(F)C1CCCCCC1. The fourth-order valence-corrected chi connectivity index (χ4v) is 1.79. The van der Waals surface area contributed by atoms with E-state index >= 15 is 0 Å². The van der Waals surface area contributed by atoms with Gasteiger partial charge in [0.25, 0.3) is 0 Å². The summed E-state index contributed by atoms with van der Waals surface area (Å²) in [6.45, 7) is 1.06. The van der Waals surface area contributed by atoms with Gasteiger partial charge in [-0.25, -0.2) is 8.78 Å². The molecular formula is C9H16F2. The summed E-state index contributed by atoms with van der Waals surface area (Å²) >= 11 is 0. The van der Waals surface area contributed by atoms with Crippen LogP contribution < -0.4 is 0 Å². The topological polar surface area (TPSA) is 0 Å². The summed E-state index contributed by atoms with van der Waals surface area (Å²) < 4.78 is 25.6. The molecule has 2 heteroatoms. The second kappa shape index (κ2) is 3.51. The maximum absolute atomic E-state index is 12.8. The Bertz CT molecular complexity index is 107. The van der Waals surface area contributed by atoms with Crippen LogP contribution in [0.15, 0.2) is 0 Å². The first-order chi connectivity index (χ1) is 5.11. The first-order valence-corrected chi connectivity index (χ1v) is 4.48. The lowest BCUT2D eigenvalue weighted by Crippen LogP contribution is -2.23. The fraction of sp³-hybridized carbons (Fsp3) is 1.00. The molecule has 0 aromatic heterocycles. The van der Waals surface area contributed by atoms with Gasteiger partial charge in [-0.2, -0.15) is 0 Å². The average Bonchev–Trinajstić information content (AvgIpc) is 2.10. The standard InChI is InChI=1S/C9H16F2/c1-9(10,11)8-6-4-2-3-5-7-8/h8H,2-7H2,1H3. The highest BCUT2D eigenvalue weighted by Gasteiger charge is 2.33. The van der Waals surface area contributed by atoms with Crippen LogP contribution in [0.5, 0.6) is 0 Å². The Morgan fingerprint density at radius 3 is 1.82 bits per heavy atom. The van der Waals surface area contributed by atoms with Crippen molar-refractivity contribution in [3.05, 3.63) is 0 Å². The van der Waals surface area contributed by atoms with Gasteiger partial charge in [0, 0.05) is 5.92 Å². The Balaban J connectivity index is 2.43. The minimum atomic E-state index is -2.44. The van der Waals surface area contributed by atoms with Gasteiger partial charge in [0.2, 0.25) is 5.92 Å². The number of halogens is 2. The summed E-state index contributed by atoms with van der Waals surface area (Å²) in [5.74, 6) is -2.78. The lowest BCUT2D eigenvalue weighted by Gasteiger charge is -2.21. The lowest BCUT2D eigenvalue weighted by molar-refractivity contribution is -0.0450. The molecule has 1 aliphatic rings. The number of hydrogen-bond acceptors (Lipinski definition) is 0. The van der Waals surface area contributed by atoms with Gasteiger partial charge in [-0.1, -0.05) is 25.7 Å². The first kappa shape index (κ1) is 8.95. The van der Waals surface area contributed by atoms with Crippen molar-refractivity contribution in [1.29, 1.82) is 0 Å². The predicted molar refractivity (Wildman–Crippen MR) is 41.8 cm³/mol. The molecule has 0 spiro atoms. The number of rotatable bonds is 1. The van der Waals surface area contributed by atoms with Crippen LogP contribution in [0.1, 0.15) is 45.4 Å². The third kappa shape index (κ3) is 2.76. The average molecular weight is 162 g/mol. The van der Waals surface area contributed by atoms with E-state index in [1.165, 1.54) is 0 Å². The molecule has 0 radical (unpaired) electrons. The number of alkyl halides is 2. The van der Waals surface area contributed by atoms with Gasteiger partial charge in [0.05, 0.1) is 0 Å². The summed E-state index contributed by atoms with van der Waals surface area (Å²) in [4.78, 5) is 0. The van der Waals surface area contributed by atoms with Crippen molar-refractivity contribution in [2.24, 2.45) is 5.92 Å². The molecule has 0 amide bonds. The van der Waals surface area contributed by atoms with Crippen molar-refractivity contribution < 1.29 is 8.78 Å². The Hall–Kier alpha value is -0.140. The smallest absolute Gasteiger partial charge is 0.207 e. The highest BCUT2D eigenvalue weighted by molar-refractivity contribution is 4.74. The molecule has 0 atom stereocenters. The van der Waals surface area contributed by atoms with Crippen LogP contribution in [0.3, 0.4) is 0 Å². The van der Waals surface area contributed by atoms with E-state index in [1.807, 2.05) is 0 Å². The predicted octanol–water partition coefficient (Wildman–Crippen LogP) is 3.61. The Morgan fingerprint density at radius 2 is 1.45 bits per heavy atom. The molecule has 11 heavy (non-hydrogen) atoms. The molecule has 0 aliphatic heterocycles. The molecule has 0 N–H and O–H groups in total. The van der Waals surface area contributed by atoms with Crippen LogP contribution in [0.25, 0.3) is 0 Å². The highest BCUT2D eigenvalue weighted by atomic mass is 19.3. The van der Waals surface area contributed by atoms with Gasteiger partial charge in [0.15, 0.2) is 0 Å². The first-order valence-electron chi connectivity index (χ1n) is 4.48. The Kier molecular flexibility index (Phi) is 2.85. The molecule has 1 saturated carbocycles. The van der Waals surface area contributed by atoms with Crippen molar-refractivity contribution >= 4 is 0 Å². The van der Waals surface area contributed by atoms with Gasteiger partial charge in [-0.05, 0) is 19.8 Å². The molecule has 0 saturated heterocycles. The molecule has 1 fully saturated rings. The normalized spacial score (nSPS) is 23.2. The van der Waals surface area contributed by atoms with Crippen molar-refractivity contribution in [3.63, 3.8) is 0 Å². The van der Waals surface area contributed by atoms with Gasteiger partial charge >= 0.3 is 0 Å². The van der Waals surface area contributed by atoms with E-state index in [-0.39, 0.29) is 5.92 Å². The van der Waals surface area contributed by atoms with E-state index in [0.29, 0.717) is 0 Å². The van der Waals surface area contributed by atoms with Gasteiger partial charge in [-0.3, -0.25) is 0 Å². The number of hydrogen-bond donors (Lipinski definition) is 0. The summed E-state index contributed by atoms with van der Waals surface area (Å²) in [5, 5.41) is 0. The van der Waals surface area contributed by atoms with Gasteiger partial charge in [0.1, 0.15) is 0 Å². The van der Waals surface area contributed by atoms with Crippen molar-refractivity contribution in [1.82, 2.24) is 0 Å². The Morgan fingerprint density at radius 1 is 1.00 bits per heavy atom. The summed E-state index contributed by atoms with van der Waals surface area (Å²) in [5.41, 5.74) is 0. The second-order valence-corrected chi connectivity index (χ2v) is 3.64. The van der Waals surface area contributed by atoms with E-state index in [4.69, 9.17) is 0 Å². The minimum absolute atomic E-state index is 0.343. The van der Waals surface area contributed by atoms with E-state index in [1.54, 1.807) is 0 Å². The molecule has 1 aliphatic carbocycles. The maximum atomic E-state index is 12.8. The van der Waals surface area contributed by atoms with Crippen molar-refractivity contribution in [2.45, 2.75) is 51.4 Å². The van der Waals surface area contributed by atoms with E-state index in [2.05, 4.69) is 0 Å². The van der Waals surface area contributed by atoms with E-state index < -0.39 is 5.92 Å². The van der Waals surface area contributed by atoms with Gasteiger partial charge in [-0.15, -0.1) is 0 Å². The summed E-state index contributed by atoms with van der Waals surface area (Å²) in [6.07, 6.45) is 5.73. The molecule has 66 valence electrons. The van der Waals surface area contributed by atoms with Gasteiger partial charge < -0.3 is 0 Å². The van der Waals surface area contributed by atoms with E-state index in [9.17, 15) is 8.78 Å². The molecule has 0 unspecified atom stereocenters. The molecular weight excluding hydrogens is 146 g/mol. The molecule has 0 aromatic carbocycles. The summed E-state index contributed by atoms with van der Waals surface area (Å²) in [7, 11) is 0. The third-order valence-corrected chi connectivity index (χ3v) is 2.57.